The Morgan fingerprint density at radius 1 is 0.969 bits per heavy atom. The van der Waals surface area contributed by atoms with Gasteiger partial charge in [-0.25, -0.2) is 14.6 Å². The quantitative estimate of drug-likeness (QED) is 0.247. The van der Waals surface area contributed by atoms with Crippen LogP contribution in [0, 0.1) is 5.82 Å². The summed E-state index contributed by atoms with van der Waals surface area (Å²) < 4.78 is 18.2. The molecule has 0 aliphatic carbocycles. The summed E-state index contributed by atoms with van der Waals surface area (Å²) >= 11 is 5.81. The van der Waals surface area contributed by atoms with Crippen LogP contribution in [0.15, 0.2) is 77.9 Å². The van der Waals surface area contributed by atoms with Gasteiger partial charge in [0.05, 0.1) is 18.3 Å². The molecular formula is C23H17ClFN3O4. The molecule has 0 saturated heterocycles. The van der Waals surface area contributed by atoms with Crippen LogP contribution in [0.25, 0.3) is 0 Å². The highest BCUT2D eigenvalue weighted by Crippen LogP contribution is 2.16. The van der Waals surface area contributed by atoms with Crippen molar-refractivity contribution < 1.29 is 23.5 Å². The van der Waals surface area contributed by atoms with Crippen molar-refractivity contribution in [2.45, 2.75) is 0 Å². The summed E-state index contributed by atoms with van der Waals surface area (Å²) in [6, 6.07) is 17.8. The fourth-order valence-electron chi connectivity index (χ4n) is 2.49. The molecule has 2 N–H and O–H groups in total. The zero-order chi connectivity index (χ0) is 22.9. The highest BCUT2D eigenvalue weighted by molar-refractivity contribution is 6.30. The number of carbonyl (C=O) groups excluding carboxylic acids is 3. The van der Waals surface area contributed by atoms with Gasteiger partial charge in [-0.2, -0.15) is 5.10 Å². The van der Waals surface area contributed by atoms with Crippen molar-refractivity contribution in [1.82, 2.24) is 10.7 Å². The number of carbonyl (C=O) groups is 3. The summed E-state index contributed by atoms with van der Waals surface area (Å²) in [6.45, 7) is -0.313. The third-order valence-corrected chi connectivity index (χ3v) is 4.32. The van der Waals surface area contributed by atoms with Crippen LogP contribution in [0.4, 0.5) is 4.39 Å². The van der Waals surface area contributed by atoms with E-state index >= 15 is 0 Å². The van der Waals surface area contributed by atoms with Crippen molar-refractivity contribution in [2.75, 3.05) is 6.54 Å². The lowest BCUT2D eigenvalue weighted by atomic mass is 10.2. The first-order chi connectivity index (χ1) is 15.4. The van der Waals surface area contributed by atoms with E-state index in [1.807, 2.05) is 0 Å². The number of ether oxygens (including phenoxy) is 1. The Morgan fingerprint density at radius 2 is 1.66 bits per heavy atom. The van der Waals surface area contributed by atoms with E-state index in [1.54, 1.807) is 48.5 Å². The molecule has 0 atom stereocenters. The molecular weight excluding hydrogens is 437 g/mol. The molecule has 0 unspecified atom stereocenters. The first kappa shape index (κ1) is 22.6. The van der Waals surface area contributed by atoms with E-state index in [1.165, 1.54) is 18.3 Å². The number of halogens is 2. The molecule has 9 heteroatoms. The minimum atomic E-state index is -0.554. The van der Waals surface area contributed by atoms with Gasteiger partial charge in [-0.15, -0.1) is 0 Å². The van der Waals surface area contributed by atoms with Gasteiger partial charge in [-0.3, -0.25) is 9.59 Å². The van der Waals surface area contributed by atoms with E-state index in [2.05, 4.69) is 15.8 Å². The molecule has 0 spiro atoms. The Labute approximate surface area is 187 Å². The van der Waals surface area contributed by atoms with Crippen LogP contribution >= 0.6 is 11.6 Å². The molecule has 0 saturated carbocycles. The fourth-order valence-corrected chi connectivity index (χ4v) is 2.62. The Balaban J connectivity index is 1.49. The van der Waals surface area contributed by atoms with Crippen LogP contribution in [0.2, 0.25) is 5.02 Å². The predicted molar refractivity (Wildman–Crippen MR) is 117 cm³/mol. The molecule has 3 aromatic rings. The number of nitrogens with zero attached hydrogens (tertiary/aromatic N) is 1. The Kier molecular flexibility index (Phi) is 7.66. The topological polar surface area (TPSA) is 96.9 Å². The first-order valence-corrected chi connectivity index (χ1v) is 9.72. The molecule has 0 heterocycles. The molecule has 3 rings (SSSR count). The van der Waals surface area contributed by atoms with Gasteiger partial charge in [0.1, 0.15) is 11.6 Å². The second-order valence-electron chi connectivity index (χ2n) is 6.45. The number of hydrogen-bond acceptors (Lipinski definition) is 5. The molecule has 7 nitrogen and oxygen atoms in total. The molecule has 0 aliphatic heterocycles. The predicted octanol–water partition coefficient (Wildman–Crippen LogP) is 3.58. The molecule has 32 heavy (non-hydrogen) atoms. The maximum Gasteiger partial charge on any atom is 0.343 e. The largest absolute Gasteiger partial charge is 0.423 e. The summed E-state index contributed by atoms with van der Waals surface area (Å²) in [6.07, 6.45) is 1.36. The van der Waals surface area contributed by atoms with Gasteiger partial charge in [0.25, 0.3) is 11.8 Å². The summed E-state index contributed by atoms with van der Waals surface area (Å²) in [5.41, 5.74) is 3.43. The SMILES string of the molecule is O=C(CNC(=O)c1ccc(F)cc1)NN=Cc1cccc(OC(=O)c2ccc(Cl)cc2)c1. The van der Waals surface area contributed by atoms with Crippen molar-refractivity contribution >= 4 is 35.6 Å². The van der Waals surface area contributed by atoms with Gasteiger partial charge in [0, 0.05) is 10.6 Å². The lowest BCUT2D eigenvalue weighted by molar-refractivity contribution is -0.120. The van der Waals surface area contributed by atoms with Gasteiger partial charge in [0.15, 0.2) is 0 Å². The molecule has 0 bridgehead atoms. The van der Waals surface area contributed by atoms with Crippen molar-refractivity contribution in [3.8, 4) is 5.75 Å². The molecule has 162 valence electrons. The maximum atomic E-state index is 12.9. The van der Waals surface area contributed by atoms with Gasteiger partial charge in [-0.1, -0.05) is 23.7 Å². The van der Waals surface area contributed by atoms with Crippen LogP contribution in [0.5, 0.6) is 5.75 Å². The van der Waals surface area contributed by atoms with Crippen LogP contribution in [-0.2, 0) is 4.79 Å². The van der Waals surface area contributed by atoms with Crippen molar-refractivity contribution in [2.24, 2.45) is 5.10 Å². The Hall–Kier alpha value is -4.04. The van der Waals surface area contributed by atoms with E-state index in [0.717, 1.165) is 12.1 Å². The number of nitrogens with one attached hydrogen (secondary N) is 2. The normalized spacial score (nSPS) is 10.6. The third kappa shape index (κ3) is 6.75. The van der Waals surface area contributed by atoms with Crippen molar-refractivity contribution in [1.29, 1.82) is 0 Å². The molecule has 2 amide bonds. The average molecular weight is 454 g/mol. The van der Waals surface area contributed by atoms with Crippen molar-refractivity contribution in [3.63, 3.8) is 0 Å². The summed E-state index contributed by atoms with van der Waals surface area (Å²) in [5.74, 6) is -1.77. The summed E-state index contributed by atoms with van der Waals surface area (Å²) in [5, 5.41) is 6.73. The van der Waals surface area contributed by atoms with Gasteiger partial charge < -0.3 is 10.1 Å². The van der Waals surface area contributed by atoms with Gasteiger partial charge in [-0.05, 0) is 66.2 Å². The second-order valence-corrected chi connectivity index (χ2v) is 6.89. The highest BCUT2D eigenvalue weighted by Gasteiger charge is 2.09. The lowest BCUT2D eigenvalue weighted by Gasteiger charge is -2.05. The molecule has 0 aromatic heterocycles. The second kappa shape index (κ2) is 10.8. The van der Waals surface area contributed by atoms with E-state index < -0.39 is 23.6 Å². The number of rotatable bonds is 7. The van der Waals surface area contributed by atoms with E-state index in [-0.39, 0.29) is 12.1 Å². The Bertz CT molecular complexity index is 1150. The van der Waals surface area contributed by atoms with Gasteiger partial charge in [0.2, 0.25) is 0 Å². The zero-order valence-corrected chi connectivity index (χ0v) is 17.3. The average Bonchev–Trinajstić information content (AvgIpc) is 2.78. The summed E-state index contributed by atoms with van der Waals surface area (Å²) in [7, 11) is 0. The molecule has 3 aromatic carbocycles. The minimum absolute atomic E-state index is 0.229. The molecule has 0 aliphatic rings. The van der Waals surface area contributed by atoms with Crippen LogP contribution in [0.3, 0.4) is 0 Å². The van der Waals surface area contributed by atoms with Gasteiger partial charge >= 0.3 is 5.97 Å². The van der Waals surface area contributed by atoms with E-state index in [0.29, 0.717) is 21.9 Å². The van der Waals surface area contributed by atoms with E-state index in [4.69, 9.17) is 16.3 Å². The molecule has 0 radical (unpaired) electrons. The maximum absolute atomic E-state index is 12.9. The smallest absolute Gasteiger partial charge is 0.343 e. The number of benzene rings is 3. The monoisotopic (exact) mass is 453 g/mol. The third-order valence-electron chi connectivity index (χ3n) is 4.07. The standard InChI is InChI=1S/C23H17ClFN3O4/c24-18-8-4-17(5-9-18)23(31)32-20-3-1-2-15(12-20)13-27-28-21(29)14-26-22(30)16-6-10-19(25)11-7-16/h1-13H,14H2,(H,26,30)(H,28,29). The number of amides is 2. The highest BCUT2D eigenvalue weighted by atomic mass is 35.5. The molecule has 0 fully saturated rings. The number of esters is 1. The first-order valence-electron chi connectivity index (χ1n) is 9.34. The van der Waals surface area contributed by atoms with Crippen LogP contribution < -0.4 is 15.5 Å². The lowest BCUT2D eigenvalue weighted by Crippen LogP contribution is -2.34. The minimum Gasteiger partial charge on any atom is -0.423 e. The fraction of sp³-hybridized carbons (Fsp3) is 0.0435. The van der Waals surface area contributed by atoms with Crippen LogP contribution in [-0.4, -0.2) is 30.5 Å². The zero-order valence-electron chi connectivity index (χ0n) is 16.5. The Morgan fingerprint density at radius 3 is 2.38 bits per heavy atom. The number of hydrazone groups is 1. The summed E-state index contributed by atoms with van der Waals surface area (Å²) in [4.78, 5) is 35.9. The van der Waals surface area contributed by atoms with Crippen LogP contribution in [0.1, 0.15) is 26.3 Å². The number of hydrogen-bond donors (Lipinski definition) is 2. The van der Waals surface area contributed by atoms with E-state index in [9.17, 15) is 18.8 Å². The van der Waals surface area contributed by atoms with Crippen molar-refractivity contribution in [3.05, 3.63) is 100 Å².